The van der Waals surface area contributed by atoms with E-state index in [1.807, 2.05) is 0 Å². The normalized spacial score (nSPS) is 11.5. The number of ether oxygens (including phenoxy) is 1. The van der Waals surface area contributed by atoms with Gasteiger partial charge in [0.2, 0.25) is 5.95 Å². The van der Waals surface area contributed by atoms with Gasteiger partial charge in [-0.05, 0) is 32.4 Å². The topological polar surface area (TPSA) is 73.2 Å². The lowest BCUT2D eigenvalue weighted by molar-refractivity contribution is -0.144. The van der Waals surface area contributed by atoms with Crippen molar-refractivity contribution in [1.82, 2.24) is 9.55 Å². The SMILES string of the molecule is CC(=O)Oc1c(C)cccc1C(=O)Nc1ncc(C(F)(F)F)n1C(C)C. The average Bonchev–Trinajstić information content (AvgIpc) is 2.92. The predicted molar refractivity (Wildman–Crippen MR) is 88.1 cm³/mol. The summed E-state index contributed by atoms with van der Waals surface area (Å²) in [7, 11) is 0. The Morgan fingerprint density at radius 1 is 1.27 bits per heavy atom. The minimum Gasteiger partial charge on any atom is -0.426 e. The van der Waals surface area contributed by atoms with Gasteiger partial charge in [-0.25, -0.2) is 4.98 Å². The molecule has 0 aliphatic rings. The number of alkyl halides is 3. The number of carbonyl (C=O) groups is 2. The molecule has 9 heteroatoms. The van der Waals surface area contributed by atoms with Gasteiger partial charge in [-0.3, -0.25) is 14.9 Å². The molecule has 1 aromatic carbocycles. The van der Waals surface area contributed by atoms with Crippen LogP contribution in [0.3, 0.4) is 0 Å². The van der Waals surface area contributed by atoms with Crippen molar-refractivity contribution in [3.05, 3.63) is 41.2 Å². The van der Waals surface area contributed by atoms with Crippen molar-refractivity contribution in [2.45, 2.75) is 39.9 Å². The second kappa shape index (κ2) is 7.19. The van der Waals surface area contributed by atoms with E-state index < -0.39 is 29.8 Å². The van der Waals surface area contributed by atoms with Crippen LogP contribution in [0.25, 0.3) is 0 Å². The van der Waals surface area contributed by atoms with Crippen LogP contribution in [0.4, 0.5) is 19.1 Å². The van der Waals surface area contributed by atoms with E-state index in [0.717, 1.165) is 4.57 Å². The third-order valence-electron chi connectivity index (χ3n) is 3.53. The van der Waals surface area contributed by atoms with Crippen molar-refractivity contribution in [2.24, 2.45) is 0 Å². The highest BCUT2D eigenvalue weighted by Gasteiger charge is 2.37. The molecule has 1 N–H and O–H groups in total. The zero-order valence-electron chi connectivity index (χ0n) is 14.6. The first kappa shape index (κ1) is 19.5. The van der Waals surface area contributed by atoms with Crippen LogP contribution in [-0.4, -0.2) is 21.4 Å². The van der Waals surface area contributed by atoms with Gasteiger partial charge in [0.25, 0.3) is 5.91 Å². The molecule has 140 valence electrons. The van der Waals surface area contributed by atoms with E-state index in [9.17, 15) is 22.8 Å². The lowest BCUT2D eigenvalue weighted by Gasteiger charge is -2.18. The summed E-state index contributed by atoms with van der Waals surface area (Å²) < 4.78 is 45.3. The smallest absolute Gasteiger partial charge is 0.426 e. The summed E-state index contributed by atoms with van der Waals surface area (Å²) >= 11 is 0. The number of nitrogens with one attached hydrogen (secondary N) is 1. The number of carbonyl (C=O) groups excluding carboxylic acids is 2. The molecule has 0 bridgehead atoms. The Balaban J connectivity index is 2.42. The first-order valence-corrected chi connectivity index (χ1v) is 7.76. The molecule has 0 radical (unpaired) electrons. The van der Waals surface area contributed by atoms with E-state index in [4.69, 9.17) is 4.74 Å². The molecular formula is C17H18F3N3O3. The number of para-hydroxylation sites is 1. The van der Waals surface area contributed by atoms with Crippen molar-refractivity contribution in [2.75, 3.05) is 5.32 Å². The number of rotatable bonds is 4. The third-order valence-corrected chi connectivity index (χ3v) is 3.53. The van der Waals surface area contributed by atoms with Gasteiger partial charge in [0.15, 0.2) is 0 Å². The average molecular weight is 369 g/mol. The largest absolute Gasteiger partial charge is 0.433 e. The van der Waals surface area contributed by atoms with E-state index in [-0.39, 0.29) is 17.3 Å². The summed E-state index contributed by atoms with van der Waals surface area (Å²) in [5.41, 5.74) is -0.407. The Kier molecular flexibility index (Phi) is 5.38. The molecule has 0 saturated carbocycles. The van der Waals surface area contributed by atoms with Crippen LogP contribution in [0.2, 0.25) is 0 Å². The molecule has 1 heterocycles. The molecule has 0 saturated heterocycles. The number of hydrogen-bond acceptors (Lipinski definition) is 4. The molecule has 2 aromatic rings. The van der Waals surface area contributed by atoms with E-state index in [1.54, 1.807) is 32.9 Å². The monoisotopic (exact) mass is 369 g/mol. The Morgan fingerprint density at radius 2 is 1.92 bits per heavy atom. The van der Waals surface area contributed by atoms with Crippen molar-refractivity contribution in [1.29, 1.82) is 0 Å². The Labute approximate surface area is 148 Å². The highest BCUT2D eigenvalue weighted by Crippen LogP contribution is 2.33. The summed E-state index contributed by atoms with van der Waals surface area (Å²) in [6.45, 7) is 5.92. The van der Waals surface area contributed by atoms with Gasteiger partial charge >= 0.3 is 12.1 Å². The molecule has 1 aromatic heterocycles. The number of benzene rings is 1. The van der Waals surface area contributed by atoms with Crippen LogP contribution in [-0.2, 0) is 11.0 Å². The Hall–Kier alpha value is -2.84. The lowest BCUT2D eigenvalue weighted by Crippen LogP contribution is -2.21. The Bertz CT molecular complexity index is 842. The molecule has 0 atom stereocenters. The summed E-state index contributed by atoms with van der Waals surface area (Å²) in [5, 5.41) is 2.36. The fourth-order valence-electron chi connectivity index (χ4n) is 2.47. The van der Waals surface area contributed by atoms with Crippen molar-refractivity contribution >= 4 is 17.8 Å². The number of nitrogens with zero attached hydrogens (tertiary/aromatic N) is 2. The highest BCUT2D eigenvalue weighted by atomic mass is 19.4. The summed E-state index contributed by atoms with van der Waals surface area (Å²) in [4.78, 5) is 27.5. The van der Waals surface area contributed by atoms with Gasteiger partial charge in [0.05, 0.1) is 11.8 Å². The first-order valence-electron chi connectivity index (χ1n) is 7.76. The number of anilines is 1. The standard InChI is InChI=1S/C17H18F3N3O3/c1-9(2)23-13(17(18,19)20)8-21-16(23)22-15(25)12-7-5-6-10(3)14(12)26-11(4)24/h5-9H,1-4H3,(H,21,22,25). The zero-order valence-corrected chi connectivity index (χ0v) is 14.6. The van der Waals surface area contributed by atoms with E-state index in [0.29, 0.717) is 11.8 Å². The fourth-order valence-corrected chi connectivity index (χ4v) is 2.47. The molecule has 0 fully saturated rings. The molecule has 2 rings (SSSR count). The summed E-state index contributed by atoms with van der Waals surface area (Å²) in [5.74, 6) is -1.54. The third kappa shape index (κ3) is 4.04. The molecular weight excluding hydrogens is 351 g/mol. The van der Waals surface area contributed by atoms with Gasteiger partial charge in [-0.1, -0.05) is 12.1 Å². The van der Waals surface area contributed by atoms with E-state index >= 15 is 0 Å². The summed E-state index contributed by atoms with van der Waals surface area (Å²) in [6.07, 6.45) is -3.94. The first-order chi connectivity index (χ1) is 12.0. The Morgan fingerprint density at radius 3 is 2.46 bits per heavy atom. The second-order valence-corrected chi connectivity index (χ2v) is 5.93. The van der Waals surface area contributed by atoms with Gasteiger partial charge in [0, 0.05) is 13.0 Å². The quantitative estimate of drug-likeness (QED) is 0.654. The van der Waals surface area contributed by atoms with Gasteiger partial charge in [0.1, 0.15) is 11.4 Å². The minimum atomic E-state index is -4.60. The van der Waals surface area contributed by atoms with Crippen molar-refractivity contribution in [3.8, 4) is 5.75 Å². The van der Waals surface area contributed by atoms with E-state index in [2.05, 4.69) is 10.3 Å². The molecule has 1 amide bonds. The van der Waals surface area contributed by atoms with Crippen LogP contribution < -0.4 is 10.1 Å². The van der Waals surface area contributed by atoms with Crippen LogP contribution in [0.5, 0.6) is 5.75 Å². The summed E-state index contributed by atoms with van der Waals surface area (Å²) in [6, 6.07) is 4.04. The lowest BCUT2D eigenvalue weighted by atomic mass is 10.1. The molecule has 0 unspecified atom stereocenters. The number of amides is 1. The van der Waals surface area contributed by atoms with Crippen LogP contribution >= 0.6 is 0 Å². The van der Waals surface area contributed by atoms with E-state index in [1.165, 1.54) is 13.0 Å². The highest BCUT2D eigenvalue weighted by molar-refractivity contribution is 6.06. The maximum absolute atomic E-state index is 13.1. The minimum absolute atomic E-state index is 0.0204. The fraction of sp³-hybridized carbons (Fsp3) is 0.353. The molecule has 0 spiro atoms. The molecule has 0 aliphatic heterocycles. The number of imidazole rings is 1. The maximum Gasteiger partial charge on any atom is 0.433 e. The van der Waals surface area contributed by atoms with Crippen molar-refractivity contribution in [3.63, 3.8) is 0 Å². The second-order valence-electron chi connectivity index (χ2n) is 5.93. The van der Waals surface area contributed by atoms with Gasteiger partial charge < -0.3 is 9.30 Å². The zero-order chi connectivity index (χ0) is 19.6. The van der Waals surface area contributed by atoms with Gasteiger partial charge in [-0.15, -0.1) is 0 Å². The van der Waals surface area contributed by atoms with Crippen molar-refractivity contribution < 1.29 is 27.5 Å². The molecule has 26 heavy (non-hydrogen) atoms. The number of halogens is 3. The number of aromatic nitrogens is 2. The predicted octanol–water partition coefficient (Wildman–Crippen LogP) is 3.97. The molecule has 0 aliphatic carbocycles. The molecule has 6 nitrogen and oxygen atoms in total. The number of esters is 1. The maximum atomic E-state index is 13.1. The van der Waals surface area contributed by atoms with Gasteiger partial charge in [-0.2, -0.15) is 13.2 Å². The number of aryl methyl sites for hydroxylation is 1. The number of hydrogen-bond donors (Lipinski definition) is 1. The van der Waals surface area contributed by atoms with Crippen LogP contribution in [0.15, 0.2) is 24.4 Å². The van der Waals surface area contributed by atoms with Crippen LogP contribution in [0.1, 0.15) is 48.4 Å². The van der Waals surface area contributed by atoms with Crippen LogP contribution in [0, 0.1) is 6.92 Å².